The number of hydrogen-bond acceptors (Lipinski definition) is 8. The first-order valence-corrected chi connectivity index (χ1v) is 6.07. The van der Waals surface area contributed by atoms with Crippen LogP contribution in [0.3, 0.4) is 0 Å². The highest BCUT2D eigenvalue weighted by Crippen LogP contribution is 2.27. The van der Waals surface area contributed by atoms with E-state index in [2.05, 4.69) is 0 Å². The molecule has 2 unspecified atom stereocenters. The van der Waals surface area contributed by atoms with Gasteiger partial charge in [0.25, 0.3) is 0 Å². The molecule has 1 rings (SSSR count). The molecule has 114 valence electrons. The summed E-state index contributed by atoms with van der Waals surface area (Å²) in [6.45, 7) is 5.01. The third-order valence-corrected chi connectivity index (χ3v) is 2.65. The van der Waals surface area contributed by atoms with Gasteiger partial charge in [0.2, 0.25) is 0 Å². The van der Waals surface area contributed by atoms with Crippen LogP contribution in [0.4, 0.5) is 0 Å². The van der Waals surface area contributed by atoms with Crippen LogP contribution in [0.15, 0.2) is 0 Å². The van der Waals surface area contributed by atoms with E-state index in [4.69, 9.17) is 18.9 Å². The fourth-order valence-corrected chi connectivity index (χ4v) is 1.99. The van der Waals surface area contributed by atoms with Gasteiger partial charge >= 0.3 is 17.9 Å². The van der Waals surface area contributed by atoms with E-state index in [1.165, 1.54) is 13.8 Å². The number of rotatable bonds is 3. The molecule has 1 fully saturated rings. The number of aliphatic hydroxyl groups is 1. The van der Waals surface area contributed by atoms with Crippen LogP contribution in [-0.4, -0.2) is 53.7 Å². The highest BCUT2D eigenvalue weighted by atomic mass is 16.7. The van der Waals surface area contributed by atoms with Crippen molar-refractivity contribution < 1.29 is 38.4 Å². The maximum atomic E-state index is 11.2. The Morgan fingerprint density at radius 1 is 0.850 bits per heavy atom. The maximum Gasteiger partial charge on any atom is 0.303 e. The van der Waals surface area contributed by atoms with E-state index in [-0.39, 0.29) is 0 Å². The molecule has 1 saturated heterocycles. The minimum absolute atomic E-state index is 0.611. The third kappa shape index (κ3) is 4.17. The summed E-state index contributed by atoms with van der Waals surface area (Å²) in [7, 11) is 0. The molecule has 0 aliphatic carbocycles. The molecule has 0 saturated carbocycles. The topological polar surface area (TPSA) is 108 Å². The molecule has 1 N–H and O–H groups in total. The van der Waals surface area contributed by atoms with E-state index < -0.39 is 48.6 Å². The second-order valence-electron chi connectivity index (χ2n) is 4.45. The van der Waals surface area contributed by atoms with Crippen molar-refractivity contribution in [2.75, 3.05) is 0 Å². The van der Waals surface area contributed by atoms with Gasteiger partial charge in [0.05, 0.1) is 6.10 Å². The molecule has 0 amide bonds. The van der Waals surface area contributed by atoms with Gasteiger partial charge in [0, 0.05) is 20.8 Å². The Morgan fingerprint density at radius 2 is 1.25 bits per heavy atom. The number of carbonyl (C=O) groups excluding carboxylic acids is 3. The molecule has 20 heavy (non-hydrogen) atoms. The number of ether oxygens (including phenoxy) is 4. The Morgan fingerprint density at radius 3 is 1.70 bits per heavy atom. The number of hydrogen-bond donors (Lipinski definition) is 1. The first-order chi connectivity index (χ1) is 9.22. The summed E-state index contributed by atoms with van der Waals surface area (Å²) in [6, 6.07) is 0. The lowest BCUT2D eigenvalue weighted by Gasteiger charge is -2.41. The van der Waals surface area contributed by atoms with Gasteiger partial charge in [-0.05, 0) is 6.92 Å². The quantitative estimate of drug-likeness (QED) is 0.548. The van der Waals surface area contributed by atoms with E-state index in [1.54, 1.807) is 0 Å². The van der Waals surface area contributed by atoms with Gasteiger partial charge in [0.1, 0.15) is 0 Å². The fraction of sp³-hybridized carbons (Fsp3) is 0.750. The van der Waals surface area contributed by atoms with E-state index in [0.29, 0.717) is 0 Å². The monoisotopic (exact) mass is 290 g/mol. The SMILES string of the molecule is CC(=O)OC1[C@H](OC(C)=O)C(C)O[C@H](O)[C@H]1OC(C)=O. The zero-order valence-corrected chi connectivity index (χ0v) is 11.7. The van der Waals surface area contributed by atoms with E-state index in [9.17, 15) is 19.5 Å². The predicted molar refractivity (Wildman–Crippen MR) is 63.2 cm³/mol. The summed E-state index contributed by atoms with van der Waals surface area (Å²) in [5.74, 6) is -1.96. The summed E-state index contributed by atoms with van der Waals surface area (Å²) in [5, 5.41) is 9.79. The molecule has 1 aliphatic heterocycles. The van der Waals surface area contributed by atoms with Crippen LogP contribution >= 0.6 is 0 Å². The van der Waals surface area contributed by atoms with Crippen LogP contribution in [-0.2, 0) is 33.3 Å². The van der Waals surface area contributed by atoms with Crippen LogP contribution in [0.25, 0.3) is 0 Å². The van der Waals surface area contributed by atoms with Gasteiger partial charge in [-0.3, -0.25) is 14.4 Å². The fourth-order valence-electron chi connectivity index (χ4n) is 1.99. The second kappa shape index (κ2) is 6.67. The highest BCUT2D eigenvalue weighted by molar-refractivity contribution is 5.68. The predicted octanol–water partition coefficient (Wildman–Crippen LogP) is -0.481. The molecule has 8 nitrogen and oxygen atoms in total. The van der Waals surface area contributed by atoms with Crippen molar-refractivity contribution in [3.05, 3.63) is 0 Å². The average Bonchev–Trinajstić information content (AvgIpc) is 2.27. The summed E-state index contributed by atoms with van der Waals surface area (Å²) < 4.78 is 20.1. The van der Waals surface area contributed by atoms with Gasteiger partial charge < -0.3 is 24.1 Å². The van der Waals surface area contributed by atoms with Crippen molar-refractivity contribution in [3.8, 4) is 0 Å². The molecule has 0 aromatic carbocycles. The van der Waals surface area contributed by atoms with Crippen molar-refractivity contribution in [1.82, 2.24) is 0 Å². The molecule has 0 aromatic heterocycles. The molecular weight excluding hydrogens is 272 g/mol. The average molecular weight is 290 g/mol. The van der Waals surface area contributed by atoms with Crippen molar-refractivity contribution in [2.24, 2.45) is 0 Å². The number of carbonyl (C=O) groups is 3. The highest BCUT2D eigenvalue weighted by Gasteiger charge is 2.49. The van der Waals surface area contributed by atoms with Gasteiger partial charge in [0.15, 0.2) is 24.6 Å². The van der Waals surface area contributed by atoms with Gasteiger partial charge in [-0.1, -0.05) is 0 Å². The zero-order valence-electron chi connectivity index (χ0n) is 11.7. The minimum atomic E-state index is -1.48. The summed E-state index contributed by atoms with van der Waals surface area (Å²) >= 11 is 0. The van der Waals surface area contributed by atoms with Crippen LogP contribution in [0.1, 0.15) is 27.7 Å². The molecule has 5 atom stereocenters. The van der Waals surface area contributed by atoms with Crippen LogP contribution in [0.5, 0.6) is 0 Å². The van der Waals surface area contributed by atoms with Crippen LogP contribution < -0.4 is 0 Å². The maximum absolute atomic E-state index is 11.2. The normalized spacial score (nSPS) is 33.1. The molecule has 0 spiro atoms. The molecule has 1 aliphatic rings. The second-order valence-corrected chi connectivity index (χ2v) is 4.45. The molecule has 0 bridgehead atoms. The largest absolute Gasteiger partial charge is 0.456 e. The molecular formula is C12H18O8. The Bertz CT molecular complexity index is 365. The lowest BCUT2D eigenvalue weighted by molar-refractivity contribution is -0.288. The van der Waals surface area contributed by atoms with E-state index >= 15 is 0 Å². The van der Waals surface area contributed by atoms with Gasteiger partial charge in [-0.15, -0.1) is 0 Å². The molecule has 0 radical (unpaired) electrons. The van der Waals surface area contributed by atoms with Crippen molar-refractivity contribution in [3.63, 3.8) is 0 Å². The molecule has 0 aromatic rings. The summed E-state index contributed by atoms with van der Waals surface area (Å²) in [5.41, 5.74) is 0. The number of esters is 3. The van der Waals surface area contributed by atoms with Crippen LogP contribution in [0.2, 0.25) is 0 Å². The third-order valence-electron chi connectivity index (χ3n) is 2.65. The Hall–Kier alpha value is -1.67. The summed E-state index contributed by atoms with van der Waals surface area (Å²) in [4.78, 5) is 33.3. The Labute approximate surface area is 115 Å². The Kier molecular flexibility index (Phi) is 5.46. The smallest absolute Gasteiger partial charge is 0.303 e. The van der Waals surface area contributed by atoms with Crippen molar-refractivity contribution in [2.45, 2.75) is 58.4 Å². The van der Waals surface area contributed by atoms with E-state index in [1.807, 2.05) is 0 Å². The van der Waals surface area contributed by atoms with Crippen molar-refractivity contribution in [1.29, 1.82) is 0 Å². The van der Waals surface area contributed by atoms with Crippen molar-refractivity contribution >= 4 is 17.9 Å². The lowest BCUT2D eigenvalue weighted by atomic mass is 9.99. The Balaban J connectivity index is 3.01. The first kappa shape index (κ1) is 16.4. The van der Waals surface area contributed by atoms with Gasteiger partial charge in [-0.25, -0.2) is 0 Å². The van der Waals surface area contributed by atoms with E-state index in [0.717, 1.165) is 13.8 Å². The first-order valence-electron chi connectivity index (χ1n) is 6.07. The summed E-state index contributed by atoms with van der Waals surface area (Å²) in [6.07, 6.45) is -5.60. The lowest BCUT2D eigenvalue weighted by Crippen LogP contribution is -2.60. The molecule has 1 heterocycles. The standard InChI is InChI=1S/C12H18O8/c1-5-9(18-6(2)13)10(19-7(3)14)11(12(16)17-5)20-8(4)15/h5,9-12,16H,1-4H3/t5?,9-,10?,11+,12+/m1/s1. The number of aliphatic hydroxyl groups excluding tert-OH is 1. The van der Waals surface area contributed by atoms with Gasteiger partial charge in [-0.2, -0.15) is 0 Å². The minimum Gasteiger partial charge on any atom is -0.456 e. The molecule has 8 heteroatoms. The van der Waals surface area contributed by atoms with Crippen LogP contribution in [0, 0.1) is 0 Å². The zero-order chi connectivity index (χ0) is 15.4.